The highest BCUT2D eigenvalue weighted by molar-refractivity contribution is 5.85. The first kappa shape index (κ1) is 15.7. The summed E-state index contributed by atoms with van der Waals surface area (Å²) in [6, 6.07) is 8.83. The molecular formula is C18H24ClN3. The topological polar surface area (TPSA) is 28.2 Å². The molecule has 1 unspecified atom stereocenters. The molecule has 2 fully saturated rings. The van der Waals surface area contributed by atoms with Crippen molar-refractivity contribution in [2.75, 3.05) is 26.2 Å². The van der Waals surface area contributed by atoms with Gasteiger partial charge in [-0.2, -0.15) is 0 Å². The Hall–Kier alpha value is -1.16. The first-order valence-electron chi connectivity index (χ1n) is 8.02. The van der Waals surface area contributed by atoms with Crippen molar-refractivity contribution in [3.05, 3.63) is 41.6 Å². The average Bonchev–Trinajstić information content (AvgIpc) is 3.10. The fourth-order valence-corrected chi connectivity index (χ4v) is 4.11. The minimum atomic E-state index is 0. The number of aryl methyl sites for hydroxylation is 1. The van der Waals surface area contributed by atoms with Crippen molar-refractivity contribution < 1.29 is 0 Å². The highest BCUT2D eigenvalue weighted by atomic mass is 35.5. The maximum Gasteiger partial charge on any atom is 0.0731 e. The molecule has 1 aromatic heterocycles. The van der Waals surface area contributed by atoms with Crippen LogP contribution in [0.5, 0.6) is 0 Å². The third-order valence-corrected chi connectivity index (χ3v) is 5.21. The van der Waals surface area contributed by atoms with Gasteiger partial charge < -0.3 is 5.32 Å². The maximum absolute atomic E-state index is 4.49. The molecule has 1 aromatic carbocycles. The Morgan fingerprint density at radius 2 is 2.23 bits per heavy atom. The van der Waals surface area contributed by atoms with Crippen LogP contribution < -0.4 is 5.32 Å². The summed E-state index contributed by atoms with van der Waals surface area (Å²) in [5.41, 5.74) is 4.42. The van der Waals surface area contributed by atoms with Crippen LogP contribution in [0, 0.1) is 12.3 Å². The second kappa shape index (κ2) is 6.15. The predicted octanol–water partition coefficient (Wildman–Crippen LogP) is 3.15. The highest BCUT2D eigenvalue weighted by Crippen LogP contribution is 2.36. The molecule has 4 rings (SSSR count). The molecule has 2 saturated heterocycles. The van der Waals surface area contributed by atoms with Gasteiger partial charge in [-0.25, -0.2) is 0 Å². The Labute approximate surface area is 138 Å². The van der Waals surface area contributed by atoms with Crippen molar-refractivity contribution in [1.82, 2.24) is 15.2 Å². The highest BCUT2D eigenvalue weighted by Gasteiger charge is 2.39. The third-order valence-electron chi connectivity index (χ3n) is 5.21. The number of fused-ring (bicyclic) bond motifs is 1. The molecule has 2 aliphatic heterocycles. The average molecular weight is 318 g/mol. The number of likely N-dealkylation sites (tertiary alicyclic amines) is 1. The fourth-order valence-electron chi connectivity index (χ4n) is 4.11. The van der Waals surface area contributed by atoms with Crippen LogP contribution >= 0.6 is 12.4 Å². The lowest BCUT2D eigenvalue weighted by molar-refractivity contribution is 0.269. The van der Waals surface area contributed by atoms with Crippen LogP contribution in [0.1, 0.15) is 24.0 Å². The Bertz CT molecular complexity index is 664. The van der Waals surface area contributed by atoms with Crippen molar-refractivity contribution in [3.8, 4) is 0 Å². The molecule has 3 heterocycles. The number of hydrogen-bond donors (Lipinski definition) is 1. The summed E-state index contributed by atoms with van der Waals surface area (Å²) < 4.78 is 0. The predicted molar refractivity (Wildman–Crippen MR) is 93.5 cm³/mol. The SMILES string of the molecule is Cc1cc(CN2CCC3(CCNC3)C2)cc2cccnc12.Cl. The first-order chi connectivity index (χ1) is 10.2. The molecule has 0 amide bonds. The van der Waals surface area contributed by atoms with Crippen LogP contribution in [0.15, 0.2) is 30.5 Å². The molecule has 1 N–H and O–H groups in total. The molecule has 118 valence electrons. The van der Waals surface area contributed by atoms with E-state index in [9.17, 15) is 0 Å². The van der Waals surface area contributed by atoms with Crippen molar-refractivity contribution in [2.24, 2.45) is 5.41 Å². The molecular weight excluding hydrogens is 294 g/mol. The Morgan fingerprint density at radius 3 is 3.05 bits per heavy atom. The normalized spacial score (nSPS) is 25.0. The number of rotatable bonds is 2. The summed E-state index contributed by atoms with van der Waals surface area (Å²) in [6.45, 7) is 8.16. The van der Waals surface area contributed by atoms with Gasteiger partial charge in [0.05, 0.1) is 5.52 Å². The number of pyridine rings is 1. The first-order valence-corrected chi connectivity index (χ1v) is 8.02. The zero-order valence-corrected chi connectivity index (χ0v) is 14.0. The molecule has 2 aromatic rings. The minimum absolute atomic E-state index is 0. The summed E-state index contributed by atoms with van der Waals surface area (Å²) in [6.07, 6.45) is 4.59. The lowest BCUT2D eigenvalue weighted by Gasteiger charge is -2.23. The van der Waals surface area contributed by atoms with Crippen molar-refractivity contribution in [1.29, 1.82) is 0 Å². The number of aromatic nitrogens is 1. The molecule has 22 heavy (non-hydrogen) atoms. The molecule has 1 spiro atoms. The van der Waals surface area contributed by atoms with Gasteiger partial charge in [0.25, 0.3) is 0 Å². The molecule has 1 atom stereocenters. The van der Waals surface area contributed by atoms with Gasteiger partial charge in [0, 0.05) is 31.2 Å². The quantitative estimate of drug-likeness (QED) is 0.922. The summed E-state index contributed by atoms with van der Waals surface area (Å²) in [4.78, 5) is 7.12. The number of benzene rings is 1. The molecule has 4 heteroatoms. The number of halogens is 1. The van der Waals surface area contributed by atoms with E-state index in [0.29, 0.717) is 5.41 Å². The smallest absolute Gasteiger partial charge is 0.0731 e. The van der Waals surface area contributed by atoms with Gasteiger partial charge in [-0.1, -0.05) is 12.1 Å². The standard InChI is InChI=1S/C18H23N3.ClH/c1-14-9-15(10-16-3-2-6-20-17(14)16)11-21-8-5-18(13-21)4-7-19-12-18;/h2-3,6,9-10,19H,4-5,7-8,11-13H2,1H3;1H. The summed E-state index contributed by atoms with van der Waals surface area (Å²) in [7, 11) is 0. The third kappa shape index (κ3) is 2.85. The van der Waals surface area contributed by atoms with Gasteiger partial charge in [-0.3, -0.25) is 9.88 Å². The number of nitrogens with zero attached hydrogens (tertiary/aromatic N) is 2. The van der Waals surface area contributed by atoms with Crippen molar-refractivity contribution in [2.45, 2.75) is 26.3 Å². The number of nitrogens with one attached hydrogen (secondary N) is 1. The van der Waals surface area contributed by atoms with Crippen LogP contribution in [-0.2, 0) is 6.54 Å². The van der Waals surface area contributed by atoms with E-state index in [-0.39, 0.29) is 12.4 Å². The Morgan fingerprint density at radius 1 is 1.32 bits per heavy atom. The Kier molecular flexibility index (Phi) is 4.40. The van der Waals surface area contributed by atoms with E-state index in [1.54, 1.807) is 0 Å². The largest absolute Gasteiger partial charge is 0.316 e. The number of hydrogen-bond acceptors (Lipinski definition) is 3. The maximum atomic E-state index is 4.49. The van der Waals surface area contributed by atoms with E-state index >= 15 is 0 Å². The lowest BCUT2D eigenvalue weighted by Crippen LogP contribution is -2.28. The Balaban J connectivity index is 0.00000144. The summed E-state index contributed by atoms with van der Waals surface area (Å²) in [5, 5.41) is 4.81. The van der Waals surface area contributed by atoms with E-state index < -0.39 is 0 Å². The van der Waals surface area contributed by atoms with Gasteiger partial charge in [-0.05, 0) is 61.5 Å². The van der Waals surface area contributed by atoms with Crippen LogP contribution in [0.4, 0.5) is 0 Å². The minimum Gasteiger partial charge on any atom is -0.316 e. The van der Waals surface area contributed by atoms with E-state index in [2.05, 4.69) is 40.3 Å². The summed E-state index contributed by atoms with van der Waals surface area (Å²) in [5.74, 6) is 0. The molecule has 0 bridgehead atoms. The fraction of sp³-hybridized carbons (Fsp3) is 0.500. The molecule has 3 nitrogen and oxygen atoms in total. The monoisotopic (exact) mass is 317 g/mol. The van der Waals surface area contributed by atoms with Gasteiger partial charge in [0.2, 0.25) is 0 Å². The van der Waals surface area contributed by atoms with Crippen LogP contribution in [0.2, 0.25) is 0 Å². The van der Waals surface area contributed by atoms with Gasteiger partial charge in [-0.15, -0.1) is 12.4 Å². The van der Waals surface area contributed by atoms with Crippen molar-refractivity contribution >= 4 is 23.3 Å². The van der Waals surface area contributed by atoms with Gasteiger partial charge >= 0.3 is 0 Å². The summed E-state index contributed by atoms with van der Waals surface area (Å²) >= 11 is 0. The van der Waals surface area contributed by atoms with E-state index in [4.69, 9.17) is 0 Å². The van der Waals surface area contributed by atoms with Crippen LogP contribution in [0.3, 0.4) is 0 Å². The van der Waals surface area contributed by atoms with E-state index in [1.807, 2.05) is 12.3 Å². The van der Waals surface area contributed by atoms with Crippen molar-refractivity contribution in [3.63, 3.8) is 0 Å². The van der Waals surface area contributed by atoms with Crippen LogP contribution in [-0.4, -0.2) is 36.1 Å². The lowest BCUT2D eigenvalue weighted by atomic mass is 9.86. The van der Waals surface area contributed by atoms with Gasteiger partial charge in [0.15, 0.2) is 0 Å². The zero-order valence-electron chi connectivity index (χ0n) is 13.1. The molecule has 0 aliphatic carbocycles. The van der Waals surface area contributed by atoms with Gasteiger partial charge in [0.1, 0.15) is 0 Å². The molecule has 0 saturated carbocycles. The van der Waals surface area contributed by atoms with Crippen LogP contribution in [0.25, 0.3) is 10.9 Å². The zero-order chi connectivity index (χ0) is 14.3. The second-order valence-corrected chi connectivity index (χ2v) is 6.88. The molecule has 0 radical (unpaired) electrons. The van der Waals surface area contributed by atoms with E-state index in [0.717, 1.165) is 12.1 Å². The second-order valence-electron chi connectivity index (χ2n) is 6.88. The molecule has 2 aliphatic rings. The van der Waals surface area contributed by atoms with E-state index in [1.165, 1.54) is 55.5 Å².